The first-order valence-corrected chi connectivity index (χ1v) is 13.9. The number of thioether (sulfide) groups is 1. The van der Waals surface area contributed by atoms with Gasteiger partial charge in [-0.3, -0.25) is 0 Å². The highest BCUT2D eigenvalue weighted by molar-refractivity contribution is 8.09. The third kappa shape index (κ3) is 4.94. The zero-order valence-corrected chi connectivity index (χ0v) is 21.9. The molecule has 0 aromatic heterocycles. The van der Waals surface area contributed by atoms with Crippen LogP contribution in [0.25, 0.3) is 4.91 Å². The van der Waals surface area contributed by atoms with Gasteiger partial charge in [-0.1, -0.05) is 60.2 Å². The molecule has 5 rings (SSSR count). The largest absolute Gasteiger partial charge is 0.446 e. The summed E-state index contributed by atoms with van der Waals surface area (Å²) in [6.45, 7) is 1.79. The molecule has 0 atom stereocenters. The Morgan fingerprint density at radius 2 is 1.26 bits per heavy atom. The third-order valence-electron chi connectivity index (χ3n) is 6.40. The lowest BCUT2D eigenvalue weighted by atomic mass is 9.79. The van der Waals surface area contributed by atoms with Crippen molar-refractivity contribution in [3.05, 3.63) is 137 Å². The topological polar surface area (TPSA) is 37.4 Å². The van der Waals surface area contributed by atoms with Gasteiger partial charge >= 0.3 is 5.51 Å². The molecule has 0 unspecified atom stereocenters. The predicted octanol–water partition coefficient (Wildman–Crippen LogP) is 8.02. The van der Waals surface area contributed by atoms with Crippen molar-refractivity contribution in [3.8, 4) is 0 Å². The van der Waals surface area contributed by atoms with Gasteiger partial charge in [0.05, 0.1) is 10.6 Å². The molecule has 1 aliphatic rings. The molecule has 3 nitrogen and oxygen atoms in total. The fourth-order valence-electron chi connectivity index (χ4n) is 4.69. The van der Waals surface area contributed by atoms with Crippen LogP contribution >= 0.6 is 11.8 Å². The first-order valence-electron chi connectivity index (χ1n) is 11.6. The van der Waals surface area contributed by atoms with Crippen molar-refractivity contribution in [3.63, 3.8) is 0 Å². The molecule has 39 heavy (non-hydrogen) atoms. The van der Waals surface area contributed by atoms with Crippen molar-refractivity contribution in [2.45, 2.75) is 22.9 Å². The van der Waals surface area contributed by atoms with Crippen LogP contribution in [0.1, 0.15) is 22.3 Å². The van der Waals surface area contributed by atoms with Gasteiger partial charge in [0.15, 0.2) is 0 Å². The maximum Gasteiger partial charge on any atom is 0.446 e. The number of aryl methyl sites for hydroxylation is 1. The van der Waals surface area contributed by atoms with Crippen LogP contribution < -0.4 is 4.31 Å². The van der Waals surface area contributed by atoms with E-state index in [-0.39, 0.29) is 43.9 Å². The van der Waals surface area contributed by atoms with E-state index in [9.17, 15) is 30.4 Å². The average molecular weight is 574 g/mol. The van der Waals surface area contributed by atoms with Crippen molar-refractivity contribution in [2.24, 2.45) is 0 Å². The molecule has 1 aliphatic heterocycles. The van der Waals surface area contributed by atoms with Gasteiger partial charge in [0.1, 0.15) is 17.2 Å². The molecule has 4 aromatic rings. The zero-order chi connectivity index (χ0) is 28.0. The predicted molar refractivity (Wildman–Crippen MR) is 142 cm³/mol. The normalized spacial score (nSPS) is 15.0. The number of fused-ring (bicyclic) bond motifs is 1. The number of halogens is 5. The Morgan fingerprint density at radius 1 is 0.744 bits per heavy atom. The van der Waals surface area contributed by atoms with E-state index in [1.165, 1.54) is 66.7 Å². The van der Waals surface area contributed by atoms with E-state index in [2.05, 4.69) is 0 Å². The minimum absolute atomic E-state index is 0.0130. The van der Waals surface area contributed by atoms with Gasteiger partial charge in [-0.15, -0.1) is 0 Å². The Labute approximate surface area is 226 Å². The molecule has 4 aromatic carbocycles. The maximum absolute atomic E-state index is 14.5. The second-order valence-electron chi connectivity index (χ2n) is 8.94. The van der Waals surface area contributed by atoms with Crippen LogP contribution in [0.5, 0.6) is 0 Å². The fourth-order valence-corrected chi connectivity index (χ4v) is 7.21. The SMILES string of the molecule is Cc1ccc(S(=O)(=O)N2c3ccccc3C(SC(F)(F)F)=CC2(c2ccc(F)cc2)c2ccc(F)cc2)cc1. The summed E-state index contributed by atoms with van der Waals surface area (Å²) in [5, 5.41) is 0. The molecule has 0 bridgehead atoms. The molecule has 0 saturated carbocycles. The van der Waals surface area contributed by atoms with Gasteiger partial charge in [-0.25, -0.2) is 21.5 Å². The molecule has 1 heterocycles. The van der Waals surface area contributed by atoms with Crippen molar-refractivity contribution < 1.29 is 30.4 Å². The molecule has 0 radical (unpaired) electrons. The molecule has 0 spiro atoms. The van der Waals surface area contributed by atoms with E-state index in [1.807, 2.05) is 0 Å². The lowest BCUT2D eigenvalue weighted by Crippen LogP contribution is -2.51. The van der Waals surface area contributed by atoms with Gasteiger partial charge in [0.25, 0.3) is 10.0 Å². The van der Waals surface area contributed by atoms with E-state index in [0.717, 1.165) is 34.1 Å². The molecular formula is C29H20F5NO2S2. The Morgan fingerprint density at radius 3 is 1.77 bits per heavy atom. The van der Waals surface area contributed by atoms with Crippen LogP contribution in [-0.2, 0) is 15.6 Å². The number of nitrogens with zero attached hydrogens (tertiary/aromatic N) is 1. The number of sulfonamides is 1. The fraction of sp³-hybridized carbons (Fsp3) is 0.103. The Hall–Kier alpha value is -3.63. The minimum Gasteiger partial charge on any atom is -0.247 e. The van der Waals surface area contributed by atoms with E-state index in [1.54, 1.807) is 19.1 Å². The summed E-state index contributed by atoms with van der Waals surface area (Å²) < 4.78 is 99.6. The van der Waals surface area contributed by atoms with Crippen LogP contribution in [0.4, 0.5) is 27.6 Å². The second-order valence-corrected chi connectivity index (χ2v) is 11.8. The number of para-hydroxylation sites is 1. The maximum atomic E-state index is 14.5. The Balaban J connectivity index is 1.94. The average Bonchev–Trinajstić information content (AvgIpc) is 2.88. The molecule has 0 aliphatic carbocycles. The first kappa shape index (κ1) is 27.0. The zero-order valence-electron chi connectivity index (χ0n) is 20.3. The highest BCUT2D eigenvalue weighted by Crippen LogP contribution is 2.55. The summed E-state index contributed by atoms with van der Waals surface area (Å²) in [4.78, 5) is -0.348. The molecule has 0 N–H and O–H groups in total. The number of hydrogen-bond acceptors (Lipinski definition) is 3. The molecule has 10 heteroatoms. The third-order valence-corrected chi connectivity index (χ3v) is 9.02. The van der Waals surface area contributed by atoms with E-state index < -0.39 is 32.7 Å². The summed E-state index contributed by atoms with van der Waals surface area (Å²) in [5.41, 5.74) is -5.46. The van der Waals surface area contributed by atoms with Crippen LogP contribution in [0.15, 0.2) is 108 Å². The monoisotopic (exact) mass is 573 g/mol. The highest BCUT2D eigenvalue weighted by atomic mass is 32.2. The quantitative estimate of drug-likeness (QED) is 0.227. The molecule has 0 amide bonds. The van der Waals surface area contributed by atoms with Crippen LogP contribution in [0.2, 0.25) is 0 Å². The van der Waals surface area contributed by atoms with E-state index >= 15 is 0 Å². The first-order chi connectivity index (χ1) is 18.4. The molecule has 0 saturated heterocycles. The number of hydrogen-bond donors (Lipinski definition) is 0. The van der Waals surface area contributed by atoms with Crippen molar-refractivity contribution in [2.75, 3.05) is 4.31 Å². The number of rotatable bonds is 5. The van der Waals surface area contributed by atoms with Gasteiger partial charge < -0.3 is 0 Å². The molecule has 0 fully saturated rings. The lowest BCUT2D eigenvalue weighted by molar-refractivity contribution is -0.0318. The van der Waals surface area contributed by atoms with Crippen LogP contribution in [-0.4, -0.2) is 13.9 Å². The van der Waals surface area contributed by atoms with Gasteiger partial charge in [0, 0.05) is 10.5 Å². The van der Waals surface area contributed by atoms with Crippen LogP contribution in [0, 0.1) is 18.6 Å². The standard InChI is InChI=1S/C29H20F5NO2S2/c1-19-6-16-24(17-7-19)39(36,37)35-26-5-3-2-4-25(26)27(38-29(32,33)34)18-28(35,20-8-12-22(30)13-9-20)21-10-14-23(31)15-11-21/h2-18H,1H3. The van der Waals surface area contributed by atoms with Crippen molar-refractivity contribution in [1.29, 1.82) is 0 Å². The second kappa shape index (κ2) is 9.84. The van der Waals surface area contributed by atoms with Crippen molar-refractivity contribution >= 4 is 32.4 Å². The number of benzene rings is 4. The summed E-state index contributed by atoms with van der Waals surface area (Å²) in [5.74, 6) is -1.24. The molecular weight excluding hydrogens is 553 g/mol. The van der Waals surface area contributed by atoms with Gasteiger partial charge in [0.2, 0.25) is 0 Å². The summed E-state index contributed by atoms with van der Waals surface area (Å²) >= 11 is -0.380. The number of anilines is 1. The van der Waals surface area contributed by atoms with Gasteiger partial charge in [-0.05, 0) is 78.4 Å². The number of alkyl halides is 3. The Bertz CT molecular complexity index is 1600. The lowest BCUT2D eigenvalue weighted by Gasteiger charge is -2.47. The Kier molecular flexibility index (Phi) is 6.80. The van der Waals surface area contributed by atoms with E-state index in [0.29, 0.717) is 0 Å². The van der Waals surface area contributed by atoms with Crippen LogP contribution in [0.3, 0.4) is 0 Å². The van der Waals surface area contributed by atoms with Gasteiger partial charge in [-0.2, -0.15) is 13.2 Å². The minimum atomic E-state index is -4.70. The molecule has 200 valence electrons. The smallest absolute Gasteiger partial charge is 0.247 e. The summed E-state index contributed by atoms with van der Waals surface area (Å²) in [6, 6.07) is 21.6. The highest BCUT2D eigenvalue weighted by Gasteiger charge is 2.50. The van der Waals surface area contributed by atoms with E-state index in [4.69, 9.17) is 0 Å². The summed E-state index contributed by atoms with van der Waals surface area (Å²) in [6.07, 6.45) is 1.21. The van der Waals surface area contributed by atoms with Crippen molar-refractivity contribution in [1.82, 2.24) is 0 Å². The summed E-state index contributed by atoms with van der Waals surface area (Å²) in [7, 11) is -4.47.